The Bertz CT molecular complexity index is 476. The van der Waals surface area contributed by atoms with E-state index in [4.69, 9.17) is 11.6 Å². The molecule has 0 bridgehead atoms. The Balaban J connectivity index is 2.19. The lowest BCUT2D eigenvalue weighted by molar-refractivity contribution is 0.546. The Morgan fingerprint density at radius 2 is 1.50 bits per heavy atom. The van der Waals surface area contributed by atoms with Crippen molar-refractivity contribution in [2.75, 3.05) is 5.32 Å². The van der Waals surface area contributed by atoms with Gasteiger partial charge in [0, 0.05) is 10.7 Å². The Labute approximate surface area is 114 Å². The third kappa shape index (κ3) is 3.27. The van der Waals surface area contributed by atoms with E-state index in [1.807, 2.05) is 30.3 Å². The van der Waals surface area contributed by atoms with Crippen molar-refractivity contribution in [2.45, 2.75) is 19.9 Å². The van der Waals surface area contributed by atoms with E-state index in [0.29, 0.717) is 12.0 Å². The van der Waals surface area contributed by atoms with Crippen LogP contribution in [0.5, 0.6) is 0 Å². The number of halogens is 1. The lowest BCUT2D eigenvalue weighted by Crippen LogP contribution is -2.16. The second kappa shape index (κ2) is 5.92. The highest BCUT2D eigenvalue weighted by atomic mass is 35.5. The van der Waals surface area contributed by atoms with Crippen LogP contribution in [0.1, 0.15) is 25.5 Å². The van der Waals surface area contributed by atoms with Crippen LogP contribution in [0, 0.1) is 5.92 Å². The van der Waals surface area contributed by atoms with E-state index in [1.165, 1.54) is 5.56 Å². The minimum atomic E-state index is 0.312. The van der Waals surface area contributed by atoms with Crippen molar-refractivity contribution in [3.05, 3.63) is 65.2 Å². The van der Waals surface area contributed by atoms with Crippen molar-refractivity contribution in [1.82, 2.24) is 0 Å². The van der Waals surface area contributed by atoms with Crippen molar-refractivity contribution >= 4 is 17.3 Å². The average molecular weight is 260 g/mol. The fourth-order valence-corrected chi connectivity index (χ4v) is 2.15. The molecule has 0 heterocycles. The molecule has 1 unspecified atom stereocenters. The van der Waals surface area contributed by atoms with Gasteiger partial charge in [0.05, 0.1) is 6.04 Å². The summed E-state index contributed by atoms with van der Waals surface area (Å²) in [6.07, 6.45) is 0. The first-order chi connectivity index (χ1) is 8.66. The molecule has 0 aliphatic heterocycles. The zero-order valence-electron chi connectivity index (χ0n) is 10.7. The number of benzene rings is 2. The van der Waals surface area contributed by atoms with Gasteiger partial charge in [-0.25, -0.2) is 0 Å². The first-order valence-electron chi connectivity index (χ1n) is 6.24. The summed E-state index contributed by atoms with van der Waals surface area (Å²) in [6.45, 7) is 4.45. The van der Waals surface area contributed by atoms with Gasteiger partial charge < -0.3 is 5.32 Å². The standard InChI is InChI=1S/C16H18ClN/c1-12(2)16(13-6-4-3-5-7-13)18-15-10-8-14(17)9-11-15/h3-12,16,18H,1-2H3. The molecule has 0 aliphatic rings. The quantitative estimate of drug-likeness (QED) is 0.801. The number of anilines is 1. The minimum Gasteiger partial charge on any atom is -0.378 e. The van der Waals surface area contributed by atoms with Crippen LogP contribution in [0.3, 0.4) is 0 Å². The minimum absolute atomic E-state index is 0.312. The number of rotatable bonds is 4. The van der Waals surface area contributed by atoms with Gasteiger partial charge in [0.25, 0.3) is 0 Å². The van der Waals surface area contributed by atoms with Crippen LogP contribution in [0.25, 0.3) is 0 Å². The molecule has 0 amide bonds. The van der Waals surface area contributed by atoms with E-state index in [9.17, 15) is 0 Å². The normalized spacial score (nSPS) is 12.4. The third-order valence-electron chi connectivity index (χ3n) is 2.99. The topological polar surface area (TPSA) is 12.0 Å². The van der Waals surface area contributed by atoms with E-state index in [2.05, 4.69) is 43.4 Å². The van der Waals surface area contributed by atoms with Crippen LogP contribution >= 0.6 is 11.6 Å². The molecule has 0 radical (unpaired) electrons. The van der Waals surface area contributed by atoms with Crippen molar-refractivity contribution < 1.29 is 0 Å². The second-order valence-corrected chi connectivity index (χ2v) is 5.22. The highest BCUT2D eigenvalue weighted by Crippen LogP contribution is 2.26. The van der Waals surface area contributed by atoms with Gasteiger partial charge in [-0.2, -0.15) is 0 Å². The van der Waals surface area contributed by atoms with Crippen LogP contribution in [0.15, 0.2) is 54.6 Å². The molecule has 0 aliphatic carbocycles. The van der Waals surface area contributed by atoms with Gasteiger partial charge in [0.1, 0.15) is 0 Å². The van der Waals surface area contributed by atoms with Gasteiger partial charge in [-0.05, 0) is 35.7 Å². The Hall–Kier alpha value is -1.47. The largest absolute Gasteiger partial charge is 0.378 e. The lowest BCUT2D eigenvalue weighted by atomic mass is 9.96. The molecule has 0 saturated carbocycles. The third-order valence-corrected chi connectivity index (χ3v) is 3.24. The van der Waals surface area contributed by atoms with Gasteiger partial charge in [-0.3, -0.25) is 0 Å². The molecular formula is C16H18ClN. The maximum atomic E-state index is 5.90. The maximum Gasteiger partial charge on any atom is 0.0536 e. The van der Waals surface area contributed by atoms with Gasteiger partial charge in [0.15, 0.2) is 0 Å². The predicted octanol–water partition coefficient (Wildman–Crippen LogP) is 5.15. The molecule has 1 N–H and O–H groups in total. The van der Waals surface area contributed by atoms with Crippen molar-refractivity contribution in [3.8, 4) is 0 Å². The zero-order chi connectivity index (χ0) is 13.0. The molecule has 2 aromatic rings. The smallest absolute Gasteiger partial charge is 0.0536 e. The lowest BCUT2D eigenvalue weighted by Gasteiger charge is -2.24. The predicted molar refractivity (Wildman–Crippen MR) is 79.1 cm³/mol. The molecule has 2 aromatic carbocycles. The van der Waals surface area contributed by atoms with Crippen molar-refractivity contribution in [1.29, 1.82) is 0 Å². The molecule has 2 rings (SSSR count). The summed E-state index contributed by atoms with van der Waals surface area (Å²) >= 11 is 5.90. The number of hydrogen-bond donors (Lipinski definition) is 1. The average Bonchev–Trinajstić information content (AvgIpc) is 2.38. The van der Waals surface area contributed by atoms with Crippen LogP contribution in [0.2, 0.25) is 5.02 Å². The summed E-state index contributed by atoms with van der Waals surface area (Å²) in [5, 5.41) is 4.33. The van der Waals surface area contributed by atoms with Crippen molar-refractivity contribution in [3.63, 3.8) is 0 Å². The first-order valence-corrected chi connectivity index (χ1v) is 6.61. The molecular weight excluding hydrogens is 242 g/mol. The summed E-state index contributed by atoms with van der Waals surface area (Å²) in [7, 11) is 0. The molecule has 2 heteroatoms. The number of hydrogen-bond acceptors (Lipinski definition) is 1. The van der Waals surface area contributed by atoms with E-state index in [0.717, 1.165) is 10.7 Å². The number of nitrogens with one attached hydrogen (secondary N) is 1. The fraction of sp³-hybridized carbons (Fsp3) is 0.250. The van der Waals surface area contributed by atoms with E-state index in [1.54, 1.807) is 0 Å². The monoisotopic (exact) mass is 259 g/mol. The van der Waals surface area contributed by atoms with Gasteiger partial charge in [-0.1, -0.05) is 55.8 Å². The highest BCUT2D eigenvalue weighted by Gasteiger charge is 2.14. The summed E-state index contributed by atoms with van der Waals surface area (Å²) in [6, 6.07) is 18.7. The van der Waals surface area contributed by atoms with E-state index < -0.39 is 0 Å². The molecule has 0 aromatic heterocycles. The van der Waals surface area contributed by atoms with Gasteiger partial charge in [-0.15, -0.1) is 0 Å². The molecule has 18 heavy (non-hydrogen) atoms. The Morgan fingerprint density at radius 3 is 2.06 bits per heavy atom. The molecule has 0 fully saturated rings. The van der Waals surface area contributed by atoms with E-state index >= 15 is 0 Å². The van der Waals surface area contributed by atoms with Crippen LogP contribution in [-0.4, -0.2) is 0 Å². The van der Waals surface area contributed by atoms with Crippen LogP contribution < -0.4 is 5.32 Å². The van der Waals surface area contributed by atoms with Gasteiger partial charge in [0.2, 0.25) is 0 Å². The molecule has 1 atom stereocenters. The van der Waals surface area contributed by atoms with Crippen molar-refractivity contribution in [2.24, 2.45) is 5.92 Å². The molecule has 0 spiro atoms. The molecule has 1 nitrogen and oxygen atoms in total. The highest BCUT2D eigenvalue weighted by molar-refractivity contribution is 6.30. The summed E-state index contributed by atoms with van der Waals surface area (Å²) in [5.41, 5.74) is 2.41. The summed E-state index contributed by atoms with van der Waals surface area (Å²) in [4.78, 5) is 0. The van der Waals surface area contributed by atoms with Crippen LogP contribution in [-0.2, 0) is 0 Å². The Kier molecular flexibility index (Phi) is 4.27. The zero-order valence-corrected chi connectivity index (χ0v) is 11.5. The maximum absolute atomic E-state index is 5.90. The Morgan fingerprint density at radius 1 is 0.889 bits per heavy atom. The van der Waals surface area contributed by atoms with Gasteiger partial charge >= 0.3 is 0 Å². The summed E-state index contributed by atoms with van der Waals surface area (Å²) < 4.78 is 0. The first kappa shape index (κ1) is 13.0. The SMILES string of the molecule is CC(C)C(Nc1ccc(Cl)cc1)c1ccccc1. The molecule has 94 valence electrons. The molecule has 0 saturated heterocycles. The van der Waals surface area contributed by atoms with E-state index in [-0.39, 0.29) is 0 Å². The summed E-state index contributed by atoms with van der Waals surface area (Å²) in [5.74, 6) is 0.517. The fourth-order valence-electron chi connectivity index (χ4n) is 2.02. The van der Waals surface area contributed by atoms with Crippen LogP contribution in [0.4, 0.5) is 5.69 Å². The second-order valence-electron chi connectivity index (χ2n) is 4.78.